The topological polar surface area (TPSA) is 29.1 Å². The van der Waals surface area contributed by atoms with Gasteiger partial charge in [0.2, 0.25) is 5.91 Å². The molecule has 0 aromatic heterocycles. The molecule has 22 heavy (non-hydrogen) atoms. The number of anilines is 1. The molecule has 0 aliphatic rings. The van der Waals surface area contributed by atoms with Crippen LogP contribution < -0.4 is 5.32 Å². The lowest BCUT2D eigenvalue weighted by atomic mass is 10.1. The Hall–Kier alpha value is -1.72. The third-order valence-electron chi connectivity index (χ3n) is 2.86. The number of alkyl halides is 4. The zero-order valence-corrected chi connectivity index (χ0v) is 12.5. The fourth-order valence-electron chi connectivity index (χ4n) is 1.80. The van der Waals surface area contributed by atoms with Gasteiger partial charge in [0.15, 0.2) is 0 Å². The van der Waals surface area contributed by atoms with Crippen molar-refractivity contribution in [3.63, 3.8) is 0 Å². The average Bonchev–Trinajstić information content (AvgIpc) is 2.48. The standard InChI is InChI=1S/C15H10Cl2F3NO/c16-12-7-6-10(8-11(12)15(18,19)20)21-14(22)13(17)9-4-2-1-3-5-9/h1-8,13H,(H,21,22). The number of carbonyl (C=O) groups excluding carboxylic acids is 1. The van der Waals surface area contributed by atoms with E-state index in [-0.39, 0.29) is 5.69 Å². The Kier molecular flexibility index (Phi) is 4.98. The smallest absolute Gasteiger partial charge is 0.324 e. The normalized spacial score (nSPS) is 12.8. The highest BCUT2D eigenvalue weighted by atomic mass is 35.5. The van der Waals surface area contributed by atoms with Crippen molar-refractivity contribution in [2.24, 2.45) is 0 Å². The molecule has 0 heterocycles. The van der Waals surface area contributed by atoms with Crippen LogP contribution in [0, 0.1) is 0 Å². The molecule has 1 unspecified atom stereocenters. The van der Waals surface area contributed by atoms with Crippen LogP contribution in [0.1, 0.15) is 16.5 Å². The molecular formula is C15H10Cl2F3NO. The predicted molar refractivity (Wildman–Crippen MR) is 80.1 cm³/mol. The maximum Gasteiger partial charge on any atom is 0.417 e. The predicted octanol–water partition coefficient (Wildman–Crippen LogP) is 5.28. The van der Waals surface area contributed by atoms with Crippen LogP contribution in [0.15, 0.2) is 48.5 Å². The SMILES string of the molecule is O=C(Nc1ccc(Cl)c(C(F)(F)F)c1)C(Cl)c1ccccc1. The number of carbonyl (C=O) groups is 1. The monoisotopic (exact) mass is 347 g/mol. The largest absolute Gasteiger partial charge is 0.417 e. The summed E-state index contributed by atoms with van der Waals surface area (Å²) in [5.41, 5.74) is -0.493. The Balaban J connectivity index is 2.19. The van der Waals surface area contributed by atoms with Crippen LogP contribution in [0.25, 0.3) is 0 Å². The quantitative estimate of drug-likeness (QED) is 0.752. The summed E-state index contributed by atoms with van der Waals surface area (Å²) in [7, 11) is 0. The van der Waals surface area contributed by atoms with Crippen molar-refractivity contribution in [1.82, 2.24) is 0 Å². The van der Waals surface area contributed by atoms with Crippen molar-refractivity contribution in [2.75, 3.05) is 5.32 Å². The van der Waals surface area contributed by atoms with E-state index >= 15 is 0 Å². The molecule has 1 atom stereocenters. The van der Waals surface area contributed by atoms with E-state index in [1.54, 1.807) is 30.3 Å². The fourth-order valence-corrected chi connectivity index (χ4v) is 2.22. The first-order chi connectivity index (χ1) is 10.3. The van der Waals surface area contributed by atoms with Gasteiger partial charge in [-0.25, -0.2) is 0 Å². The molecule has 2 aromatic rings. The maximum atomic E-state index is 12.8. The third-order valence-corrected chi connectivity index (χ3v) is 3.64. The second kappa shape index (κ2) is 6.58. The van der Waals surface area contributed by atoms with E-state index in [0.29, 0.717) is 5.56 Å². The molecule has 2 rings (SSSR count). The lowest BCUT2D eigenvalue weighted by Crippen LogP contribution is -2.18. The molecule has 0 bridgehead atoms. The second-order valence-corrected chi connectivity index (χ2v) is 5.30. The number of hydrogen-bond acceptors (Lipinski definition) is 1. The highest BCUT2D eigenvalue weighted by Crippen LogP contribution is 2.36. The summed E-state index contributed by atoms with van der Waals surface area (Å²) in [6.07, 6.45) is -4.60. The third kappa shape index (κ3) is 3.93. The van der Waals surface area contributed by atoms with E-state index in [1.807, 2.05) is 0 Å². The van der Waals surface area contributed by atoms with Crippen molar-refractivity contribution in [2.45, 2.75) is 11.6 Å². The summed E-state index contributed by atoms with van der Waals surface area (Å²) < 4.78 is 38.3. The van der Waals surface area contributed by atoms with Crippen molar-refractivity contribution < 1.29 is 18.0 Å². The lowest BCUT2D eigenvalue weighted by molar-refractivity contribution is -0.137. The molecular weight excluding hydrogens is 338 g/mol. The van der Waals surface area contributed by atoms with Gasteiger partial charge in [0.1, 0.15) is 5.38 Å². The zero-order valence-electron chi connectivity index (χ0n) is 11.0. The second-order valence-electron chi connectivity index (χ2n) is 4.45. The number of rotatable bonds is 3. The summed E-state index contributed by atoms with van der Waals surface area (Å²) in [5.74, 6) is -0.622. The number of amides is 1. The fraction of sp³-hybridized carbons (Fsp3) is 0.133. The van der Waals surface area contributed by atoms with E-state index in [2.05, 4.69) is 5.32 Å². The van der Waals surface area contributed by atoms with Crippen LogP contribution in [-0.4, -0.2) is 5.91 Å². The van der Waals surface area contributed by atoms with Crippen molar-refractivity contribution in [3.05, 3.63) is 64.7 Å². The molecule has 0 radical (unpaired) electrons. The van der Waals surface area contributed by atoms with E-state index in [1.165, 1.54) is 6.07 Å². The van der Waals surface area contributed by atoms with Crippen molar-refractivity contribution >= 4 is 34.8 Å². The van der Waals surface area contributed by atoms with E-state index in [0.717, 1.165) is 12.1 Å². The highest BCUT2D eigenvalue weighted by molar-refractivity contribution is 6.33. The summed E-state index contributed by atoms with van der Waals surface area (Å²) in [4.78, 5) is 12.0. The lowest BCUT2D eigenvalue weighted by Gasteiger charge is -2.14. The number of hydrogen-bond donors (Lipinski definition) is 1. The molecule has 0 saturated heterocycles. The zero-order chi connectivity index (χ0) is 16.3. The van der Waals surface area contributed by atoms with Gasteiger partial charge < -0.3 is 5.32 Å². The van der Waals surface area contributed by atoms with Gasteiger partial charge >= 0.3 is 6.18 Å². The van der Waals surface area contributed by atoms with Crippen molar-refractivity contribution in [3.8, 4) is 0 Å². The number of halogens is 5. The Labute approximate surface area is 134 Å². The van der Waals surface area contributed by atoms with E-state index < -0.39 is 28.0 Å². The minimum absolute atomic E-state index is 0.0247. The molecule has 2 aromatic carbocycles. The van der Waals surface area contributed by atoms with Gasteiger partial charge in [0, 0.05) is 5.69 Å². The first-order valence-corrected chi connectivity index (χ1v) is 6.97. The van der Waals surface area contributed by atoms with Gasteiger partial charge in [-0.05, 0) is 23.8 Å². The van der Waals surface area contributed by atoms with Gasteiger partial charge in [-0.2, -0.15) is 13.2 Å². The van der Waals surface area contributed by atoms with Crippen LogP contribution >= 0.6 is 23.2 Å². The Morgan fingerprint density at radius 1 is 1.09 bits per heavy atom. The molecule has 0 saturated carbocycles. The first kappa shape index (κ1) is 16.6. The van der Waals surface area contributed by atoms with Crippen LogP contribution in [0.2, 0.25) is 5.02 Å². The van der Waals surface area contributed by atoms with Crippen LogP contribution in [0.4, 0.5) is 18.9 Å². The Morgan fingerprint density at radius 3 is 2.32 bits per heavy atom. The minimum Gasteiger partial charge on any atom is -0.324 e. The highest BCUT2D eigenvalue weighted by Gasteiger charge is 2.33. The maximum absolute atomic E-state index is 12.8. The Morgan fingerprint density at radius 2 is 1.73 bits per heavy atom. The Bertz CT molecular complexity index is 674. The summed E-state index contributed by atoms with van der Waals surface area (Å²) in [6.45, 7) is 0. The van der Waals surface area contributed by atoms with Gasteiger partial charge in [-0.1, -0.05) is 41.9 Å². The number of benzene rings is 2. The van der Waals surface area contributed by atoms with Crippen LogP contribution in [0.5, 0.6) is 0 Å². The molecule has 0 aliphatic carbocycles. The van der Waals surface area contributed by atoms with E-state index in [4.69, 9.17) is 23.2 Å². The molecule has 1 N–H and O–H groups in total. The van der Waals surface area contributed by atoms with Gasteiger partial charge in [0.25, 0.3) is 0 Å². The van der Waals surface area contributed by atoms with Crippen molar-refractivity contribution in [1.29, 1.82) is 0 Å². The summed E-state index contributed by atoms with van der Waals surface area (Å²) in [5, 5.41) is 0.908. The van der Waals surface area contributed by atoms with Gasteiger partial charge in [-0.15, -0.1) is 11.6 Å². The van der Waals surface area contributed by atoms with Gasteiger partial charge in [0.05, 0.1) is 10.6 Å². The molecule has 0 spiro atoms. The first-order valence-electron chi connectivity index (χ1n) is 6.15. The summed E-state index contributed by atoms with van der Waals surface area (Å²) in [6, 6.07) is 11.6. The van der Waals surface area contributed by atoms with Gasteiger partial charge in [-0.3, -0.25) is 4.79 Å². The molecule has 0 aliphatic heterocycles. The van der Waals surface area contributed by atoms with Crippen LogP contribution in [-0.2, 0) is 11.0 Å². The molecule has 0 fully saturated rings. The minimum atomic E-state index is -4.60. The summed E-state index contributed by atoms with van der Waals surface area (Å²) >= 11 is 11.5. The molecule has 2 nitrogen and oxygen atoms in total. The number of nitrogens with one attached hydrogen (secondary N) is 1. The molecule has 116 valence electrons. The van der Waals surface area contributed by atoms with Crippen LogP contribution in [0.3, 0.4) is 0 Å². The van der Waals surface area contributed by atoms with E-state index in [9.17, 15) is 18.0 Å². The molecule has 7 heteroatoms. The average molecular weight is 348 g/mol. The molecule has 1 amide bonds.